The fourth-order valence-corrected chi connectivity index (χ4v) is 2.18. The Hall–Kier alpha value is -1.45. The first-order valence-electron chi connectivity index (χ1n) is 6.98. The number of aromatic nitrogens is 2. The van der Waals surface area contributed by atoms with E-state index in [9.17, 15) is 0 Å². The van der Waals surface area contributed by atoms with Gasteiger partial charge in [0.1, 0.15) is 0 Å². The lowest BCUT2D eigenvalue weighted by Gasteiger charge is -2.16. The Bertz CT molecular complexity index is 383. The number of hydrogen-bond acceptors (Lipinski definition) is 4. The molecule has 0 unspecified atom stereocenters. The van der Waals surface area contributed by atoms with Crippen molar-refractivity contribution < 1.29 is 0 Å². The van der Waals surface area contributed by atoms with Crippen LogP contribution in [0.5, 0.6) is 0 Å². The lowest BCUT2D eigenvalue weighted by Crippen LogP contribution is -2.10. The molecule has 0 aromatic carbocycles. The molecule has 1 aromatic heterocycles. The Balaban J connectivity index is 1.93. The van der Waals surface area contributed by atoms with E-state index in [-0.39, 0.29) is 0 Å². The van der Waals surface area contributed by atoms with Gasteiger partial charge < -0.3 is 5.32 Å². The van der Waals surface area contributed by atoms with Gasteiger partial charge in [0.05, 0.1) is 11.7 Å². The summed E-state index contributed by atoms with van der Waals surface area (Å²) >= 11 is 0. The highest BCUT2D eigenvalue weighted by Crippen LogP contribution is 2.20. The van der Waals surface area contributed by atoms with Crippen LogP contribution < -0.4 is 5.32 Å². The monoisotopic (exact) mass is 246 g/mol. The summed E-state index contributed by atoms with van der Waals surface area (Å²) in [5, 5.41) is 3.19. The zero-order valence-corrected chi connectivity index (χ0v) is 11.1. The Morgan fingerprint density at radius 3 is 3.00 bits per heavy atom. The van der Waals surface area contributed by atoms with Crippen molar-refractivity contribution in [2.24, 2.45) is 4.99 Å². The Morgan fingerprint density at radius 2 is 2.22 bits per heavy atom. The minimum Gasteiger partial charge on any atom is -0.354 e. The van der Waals surface area contributed by atoms with E-state index in [0.29, 0.717) is 12.0 Å². The highest BCUT2D eigenvalue weighted by molar-refractivity contribution is 5.77. The first-order valence-corrected chi connectivity index (χ1v) is 6.98. The number of hydrogen-bond donors (Lipinski definition) is 1. The molecule has 0 spiro atoms. The number of aliphatic imine (C=N–C) groups is 1. The van der Waals surface area contributed by atoms with Gasteiger partial charge in [-0.25, -0.2) is 9.97 Å². The van der Waals surface area contributed by atoms with Gasteiger partial charge in [-0.2, -0.15) is 0 Å². The molecule has 0 bridgehead atoms. The van der Waals surface area contributed by atoms with Gasteiger partial charge in [0.15, 0.2) is 0 Å². The third kappa shape index (κ3) is 4.09. The molecule has 1 saturated carbocycles. The SMILES string of the molecule is CCCNc1nccc(/C=N/C2CCCCC2)n1. The van der Waals surface area contributed by atoms with Gasteiger partial charge in [0.2, 0.25) is 5.95 Å². The van der Waals surface area contributed by atoms with Crippen molar-refractivity contribution >= 4 is 12.2 Å². The van der Waals surface area contributed by atoms with Crippen LogP contribution in [0.2, 0.25) is 0 Å². The molecule has 1 fully saturated rings. The maximum atomic E-state index is 4.63. The number of rotatable bonds is 5. The van der Waals surface area contributed by atoms with E-state index < -0.39 is 0 Å². The van der Waals surface area contributed by atoms with Crippen molar-refractivity contribution in [3.63, 3.8) is 0 Å². The number of nitrogens with zero attached hydrogens (tertiary/aromatic N) is 3. The van der Waals surface area contributed by atoms with E-state index in [1.165, 1.54) is 32.1 Å². The molecular weight excluding hydrogens is 224 g/mol. The zero-order chi connectivity index (χ0) is 12.6. The molecule has 0 saturated heterocycles. The summed E-state index contributed by atoms with van der Waals surface area (Å²) in [7, 11) is 0. The van der Waals surface area contributed by atoms with Crippen LogP contribution in [0.3, 0.4) is 0 Å². The van der Waals surface area contributed by atoms with E-state index >= 15 is 0 Å². The predicted octanol–water partition coefficient (Wildman–Crippen LogP) is 3.05. The van der Waals surface area contributed by atoms with Crippen LogP contribution in [-0.4, -0.2) is 28.8 Å². The predicted molar refractivity (Wildman–Crippen MR) is 75.3 cm³/mol. The molecule has 0 aliphatic heterocycles. The van der Waals surface area contributed by atoms with Gasteiger partial charge in [0, 0.05) is 19.0 Å². The summed E-state index contributed by atoms with van der Waals surface area (Å²) in [5.74, 6) is 0.699. The molecule has 2 rings (SSSR count). The summed E-state index contributed by atoms with van der Waals surface area (Å²) in [6, 6.07) is 2.41. The lowest BCUT2D eigenvalue weighted by molar-refractivity contribution is 0.444. The molecule has 1 N–H and O–H groups in total. The van der Waals surface area contributed by atoms with Crippen LogP contribution in [0.4, 0.5) is 5.95 Å². The summed E-state index contributed by atoms with van der Waals surface area (Å²) in [5.41, 5.74) is 0.897. The van der Waals surface area contributed by atoms with Crippen molar-refractivity contribution in [3.05, 3.63) is 18.0 Å². The van der Waals surface area contributed by atoms with Gasteiger partial charge in [0.25, 0.3) is 0 Å². The van der Waals surface area contributed by atoms with Crippen molar-refractivity contribution in [2.75, 3.05) is 11.9 Å². The molecule has 4 heteroatoms. The Labute approximate surface area is 109 Å². The summed E-state index contributed by atoms with van der Waals surface area (Å²) < 4.78 is 0. The number of nitrogens with one attached hydrogen (secondary N) is 1. The van der Waals surface area contributed by atoms with Crippen LogP contribution >= 0.6 is 0 Å². The molecule has 1 aromatic rings. The summed E-state index contributed by atoms with van der Waals surface area (Å²) in [6.45, 7) is 3.03. The van der Waals surface area contributed by atoms with Gasteiger partial charge in [-0.15, -0.1) is 0 Å². The minimum absolute atomic E-state index is 0.501. The van der Waals surface area contributed by atoms with E-state index in [1.54, 1.807) is 6.20 Å². The fourth-order valence-electron chi connectivity index (χ4n) is 2.18. The molecule has 18 heavy (non-hydrogen) atoms. The summed E-state index contributed by atoms with van der Waals surface area (Å²) in [4.78, 5) is 13.2. The minimum atomic E-state index is 0.501. The second kappa shape index (κ2) is 7.09. The van der Waals surface area contributed by atoms with Crippen LogP contribution in [-0.2, 0) is 0 Å². The third-order valence-electron chi connectivity index (χ3n) is 3.20. The highest BCUT2D eigenvalue weighted by Gasteiger charge is 2.10. The van der Waals surface area contributed by atoms with E-state index in [1.807, 2.05) is 12.3 Å². The van der Waals surface area contributed by atoms with E-state index in [2.05, 4.69) is 27.2 Å². The topological polar surface area (TPSA) is 50.2 Å². The van der Waals surface area contributed by atoms with Gasteiger partial charge in [-0.05, 0) is 25.3 Å². The standard InChI is InChI=1S/C14H22N4/c1-2-9-15-14-16-10-8-13(18-14)11-17-12-6-4-3-5-7-12/h8,10-12H,2-7,9H2,1H3,(H,15,16,18)/b17-11+. The first-order chi connectivity index (χ1) is 8.88. The highest BCUT2D eigenvalue weighted by atomic mass is 15.1. The molecule has 98 valence electrons. The van der Waals surface area contributed by atoms with Gasteiger partial charge in [-0.1, -0.05) is 26.2 Å². The van der Waals surface area contributed by atoms with E-state index in [0.717, 1.165) is 18.7 Å². The van der Waals surface area contributed by atoms with Crippen molar-refractivity contribution in [3.8, 4) is 0 Å². The Kier molecular flexibility index (Phi) is 5.12. The molecule has 0 radical (unpaired) electrons. The van der Waals surface area contributed by atoms with Crippen LogP contribution in [0.15, 0.2) is 17.3 Å². The van der Waals surface area contributed by atoms with E-state index in [4.69, 9.17) is 0 Å². The molecule has 1 heterocycles. The van der Waals surface area contributed by atoms with Crippen molar-refractivity contribution in [1.29, 1.82) is 0 Å². The number of anilines is 1. The molecular formula is C14H22N4. The maximum Gasteiger partial charge on any atom is 0.223 e. The first kappa shape index (κ1) is 13.0. The normalized spacial score (nSPS) is 17.2. The van der Waals surface area contributed by atoms with Crippen molar-refractivity contribution in [2.45, 2.75) is 51.5 Å². The fraction of sp³-hybridized carbons (Fsp3) is 0.643. The molecule has 0 atom stereocenters. The Morgan fingerprint density at radius 1 is 1.39 bits per heavy atom. The zero-order valence-electron chi connectivity index (χ0n) is 11.1. The van der Waals surface area contributed by atoms with Gasteiger partial charge >= 0.3 is 0 Å². The summed E-state index contributed by atoms with van der Waals surface area (Å²) in [6.07, 6.45) is 11.2. The quantitative estimate of drug-likeness (QED) is 0.812. The molecule has 1 aliphatic carbocycles. The van der Waals surface area contributed by atoms with Crippen LogP contribution in [0.25, 0.3) is 0 Å². The smallest absolute Gasteiger partial charge is 0.223 e. The lowest BCUT2D eigenvalue weighted by atomic mass is 9.96. The molecule has 0 amide bonds. The second-order valence-electron chi connectivity index (χ2n) is 4.80. The molecule has 4 nitrogen and oxygen atoms in total. The molecule has 1 aliphatic rings. The van der Waals surface area contributed by atoms with Crippen LogP contribution in [0.1, 0.15) is 51.1 Å². The van der Waals surface area contributed by atoms with Crippen molar-refractivity contribution in [1.82, 2.24) is 9.97 Å². The second-order valence-corrected chi connectivity index (χ2v) is 4.80. The largest absolute Gasteiger partial charge is 0.354 e. The van der Waals surface area contributed by atoms with Crippen LogP contribution in [0, 0.1) is 0 Å². The average molecular weight is 246 g/mol. The maximum absolute atomic E-state index is 4.63. The third-order valence-corrected chi connectivity index (χ3v) is 3.20. The van der Waals surface area contributed by atoms with Gasteiger partial charge in [-0.3, -0.25) is 4.99 Å². The average Bonchev–Trinajstić information content (AvgIpc) is 2.44.